The molecule has 0 bridgehead atoms. The number of hydrogen-bond acceptors (Lipinski definition) is 4. The van der Waals surface area contributed by atoms with Crippen molar-refractivity contribution in [2.24, 2.45) is 0 Å². The van der Waals surface area contributed by atoms with E-state index in [-0.39, 0.29) is 11.9 Å². The highest BCUT2D eigenvalue weighted by molar-refractivity contribution is 7.92. The number of sulfonamides is 1. The lowest BCUT2D eigenvalue weighted by Crippen LogP contribution is -2.50. The van der Waals surface area contributed by atoms with Crippen molar-refractivity contribution in [3.63, 3.8) is 0 Å². The normalized spacial score (nSPS) is 18.5. The fourth-order valence-electron chi connectivity index (χ4n) is 4.28. The van der Waals surface area contributed by atoms with Crippen molar-refractivity contribution >= 4 is 21.6 Å². The van der Waals surface area contributed by atoms with Gasteiger partial charge in [0.2, 0.25) is 15.9 Å². The lowest BCUT2D eigenvalue weighted by Gasteiger charge is -2.39. The molecule has 2 atom stereocenters. The largest absolute Gasteiger partial charge is 0.487 e. The molecule has 0 fully saturated rings. The average molecular weight is 445 g/mol. The maximum atomic E-state index is 13.3. The van der Waals surface area contributed by atoms with Gasteiger partial charge >= 0.3 is 0 Å². The highest BCUT2D eigenvalue weighted by Gasteiger charge is 2.37. The molecule has 1 amide bonds. The predicted molar refractivity (Wildman–Crippen MR) is 124 cm³/mol. The van der Waals surface area contributed by atoms with Crippen LogP contribution < -0.4 is 14.4 Å². The number of amides is 1. The van der Waals surface area contributed by atoms with Gasteiger partial charge in [0.1, 0.15) is 17.4 Å². The van der Waals surface area contributed by atoms with E-state index in [1.165, 1.54) is 4.31 Å². The average Bonchev–Trinajstić information content (AvgIpc) is 2.59. The second-order valence-electron chi connectivity index (χ2n) is 9.25. The Bertz CT molecular complexity index is 1090. The summed E-state index contributed by atoms with van der Waals surface area (Å²) in [5.41, 5.74) is 3.90. The molecule has 0 aromatic heterocycles. The number of benzene rings is 2. The zero-order valence-corrected chi connectivity index (χ0v) is 20.1. The first-order chi connectivity index (χ1) is 14.3. The third-order valence-corrected chi connectivity index (χ3v) is 6.73. The molecule has 31 heavy (non-hydrogen) atoms. The smallest absolute Gasteiger partial charge is 0.244 e. The Hall–Kier alpha value is -2.54. The number of ether oxygens (including phenoxy) is 1. The van der Waals surface area contributed by atoms with Gasteiger partial charge in [-0.15, -0.1) is 0 Å². The Morgan fingerprint density at radius 1 is 1.10 bits per heavy atom. The number of aryl methyl sites for hydroxylation is 3. The van der Waals surface area contributed by atoms with Crippen LogP contribution >= 0.6 is 0 Å². The lowest BCUT2D eigenvalue weighted by molar-refractivity contribution is -0.123. The lowest BCUT2D eigenvalue weighted by atomic mass is 9.89. The van der Waals surface area contributed by atoms with Gasteiger partial charge in [-0.05, 0) is 70.9 Å². The molecule has 2 aromatic carbocycles. The number of fused-ring (bicyclic) bond motifs is 1. The summed E-state index contributed by atoms with van der Waals surface area (Å²) in [6.45, 7) is 11.4. The monoisotopic (exact) mass is 444 g/mol. The minimum absolute atomic E-state index is 0.269. The van der Waals surface area contributed by atoms with Crippen LogP contribution in [0.2, 0.25) is 0 Å². The fourth-order valence-corrected chi connectivity index (χ4v) is 5.44. The van der Waals surface area contributed by atoms with Crippen LogP contribution in [0, 0.1) is 20.8 Å². The highest BCUT2D eigenvalue weighted by atomic mass is 32.2. The standard InChI is InChI=1S/C24H32N2O4S/c1-15-8-9-22-20(13-15)21(14-24(5,6)30-22)25-23(27)18(4)26(31(7,28)29)19-11-16(2)10-17(3)12-19/h8-13,18,21H,14H2,1-7H3,(H,25,27)/t18-,21-/m0/s1. The maximum absolute atomic E-state index is 13.3. The van der Waals surface area contributed by atoms with Crippen molar-refractivity contribution in [3.05, 3.63) is 58.7 Å². The molecule has 0 saturated heterocycles. The Morgan fingerprint density at radius 3 is 2.29 bits per heavy atom. The second kappa shape index (κ2) is 8.19. The molecule has 1 aliphatic rings. The van der Waals surface area contributed by atoms with Crippen LogP contribution in [0.4, 0.5) is 5.69 Å². The highest BCUT2D eigenvalue weighted by Crippen LogP contribution is 2.40. The number of carbonyl (C=O) groups excluding carboxylic acids is 1. The summed E-state index contributed by atoms with van der Waals surface area (Å²) in [7, 11) is -3.68. The van der Waals surface area contributed by atoms with Crippen molar-refractivity contribution in [3.8, 4) is 5.75 Å². The van der Waals surface area contributed by atoms with Gasteiger partial charge in [-0.2, -0.15) is 0 Å². The second-order valence-corrected chi connectivity index (χ2v) is 11.1. The molecule has 0 spiro atoms. The molecule has 1 N–H and O–H groups in total. The van der Waals surface area contributed by atoms with Gasteiger partial charge in [0.15, 0.2) is 0 Å². The summed E-state index contributed by atoms with van der Waals surface area (Å²) in [5.74, 6) is 0.397. The third-order valence-electron chi connectivity index (χ3n) is 5.49. The van der Waals surface area contributed by atoms with Gasteiger partial charge in [-0.3, -0.25) is 9.10 Å². The number of anilines is 1. The summed E-state index contributed by atoms with van der Waals surface area (Å²) >= 11 is 0. The van der Waals surface area contributed by atoms with Gasteiger partial charge in [-0.1, -0.05) is 23.8 Å². The zero-order chi connectivity index (χ0) is 23.1. The molecule has 0 unspecified atom stereocenters. The Labute approximate surface area is 185 Å². The van der Waals surface area contributed by atoms with Crippen LogP contribution in [-0.2, 0) is 14.8 Å². The molecule has 0 radical (unpaired) electrons. The third kappa shape index (κ3) is 5.21. The van der Waals surface area contributed by atoms with Gasteiger partial charge < -0.3 is 10.1 Å². The van der Waals surface area contributed by atoms with E-state index in [1.54, 1.807) is 19.1 Å². The minimum atomic E-state index is -3.68. The zero-order valence-electron chi connectivity index (χ0n) is 19.3. The molecule has 168 valence electrons. The van der Waals surface area contributed by atoms with Crippen LogP contribution in [-0.4, -0.2) is 32.2 Å². The minimum Gasteiger partial charge on any atom is -0.487 e. The van der Waals surface area contributed by atoms with E-state index in [0.717, 1.165) is 34.3 Å². The van der Waals surface area contributed by atoms with Crippen LogP contribution in [0.25, 0.3) is 0 Å². The van der Waals surface area contributed by atoms with Crippen molar-refractivity contribution in [2.45, 2.75) is 65.6 Å². The van der Waals surface area contributed by atoms with E-state index in [0.29, 0.717) is 12.1 Å². The topological polar surface area (TPSA) is 75.7 Å². The molecule has 6 nitrogen and oxygen atoms in total. The molecule has 1 heterocycles. The van der Waals surface area contributed by atoms with Crippen LogP contribution in [0.1, 0.15) is 55.5 Å². The Balaban J connectivity index is 1.93. The Morgan fingerprint density at radius 2 is 1.71 bits per heavy atom. The molecular weight excluding hydrogens is 412 g/mol. The number of carbonyl (C=O) groups is 1. The van der Waals surface area contributed by atoms with Gasteiger partial charge in [-0.25, -0.2) is 8.42 Å². The van der Waals surface area contributed by atoms with Crippen LogP contribution in [0.3, 0.4) is 0 Å². The molecule has 3 rings (SSSR count). The van der Waals surface area contributed by atoms with E-state index >= 15 is 0 Å². The summed E-state index contributed by atoms with van der Waals surface area (Å²) in [6, 6.07) is 10.3. The van der Waals surface area contributed by atoms with Gasteiger partial charge in [0.05, 0.1) is 18.0 Å². The predicted octanol–water partition coefficient (Wildman–Crippen LogP) is 4.18. The quantitative estimate of drug-likeness (QED) is 0.750. The van der Waals surface area contributed by atoms with Crippen LogP contribution in [0.15, 0.2) is 36.4 Å². The van der Waals surface area contributed by atoms with Crippen LogP contribution in [0.5, 0.6) is 5.75 Å². The molecule has 0 saturated carbocycles. The summed E-state index contributed by atoms with van der Waals surface area (Å²) in [6.07, 6.45) is 1.72. The number of hydrogen-bond donors (Lipinski definition) is 1. The molecule has 7 heteroatoms. The van der Waals surface area contributed by atoms with Gasteiger partial charge in [0.25, 0.3) is 0 Å². The number of nitrogens with zero attached hydrogens (tertiary/aromatic N) is 1. The van der Waals surface area contributed by atoms with Gasteiger partial charge in [0, 0.05) is 12.0 Å². The molecular formula is C24H32N2O4S. The van der Waals surface area contributed by atoms with E-state index in [1.807, 2.05) is 58.9 Å². The molecule has 0 aliphatic carbocycles. The van der Waals surface area contributed by atoms with E-state index in [2.05, 4.69) is 5.32 Å². The van der Waals surface area contributed by atoms with Crippen molar-refractivity contribution in [1.82, 2.24) is 5.32 Å². The number of rotatable bonds is 5. The summed E-state index contributed by atoms with van der Waals surface area (Å²) in [4.78, 5) is 13.3. The first-order valence-electron chi connectivity index (χ1n) is 10.4. The maximum Gasteiger partial charge on any atom is 0.244 e. The fraction of sp³-hybridized carbons (Fsp3) is 0.458. The summed E-state index contributed by atoms with van der Waals surface area (Å²) < 4.78 is 32.6. The van der Waals surface area contributed by atoms with Crippen molar-refractivity contribution in [2.75, 3.05) is 10.6 Å². The van der Waals surface area contributed by atoms with E-state index in [4.69, 9.17) is 4.74 Å². The SMILES string of the molecule is Cc1cc(C)cc(N([C@@H](C)C(=O)N[C@H]2CC(C)(C)Oc3ccc(C)cc32)S(C)(=O)=O)c1. The first kappa shape index (κ1) is 23.1. The van der Waals surface area contributed by atoms with E-state index < -0.39 is 21.7 Å². The number of nitrogens with one attached hydrogen (secondary N) is 1. The van der Waals surface area contributed by atoms with Crippen molar-refractivity contribution in [1.29, 1.82) is 0 Å². The van der Waals surface area contributed by atoms with E-state index in [9.17, 15) is 13.2 Å². The first-order valence-corrected chi connectivity index (χ1v) is 12.3. The molecule has 1 aliphatic heterocycles. The van der Waals surface area contributed by atoms with Crippen molar-refractivity contribution < 1.29 is 17.9 Å². The summed E-state index contributed by atoms with van der Waals surface area (Å²) in [5, 5.41) is 3.08. The molecule has 2 aromatic rings. The Kier molecular flexibility index (Phi) is 6.11.